The molecule has 0 spiro atoms. The van der Waals surface area contributed by atoms with Crippen LogP contribution in [0.5, 0.6) is 0 Å². The zero-order valence-electron chi connectivity index (χ0n) is 7.99. The Morgan fingerprint density at radius 1 is 1.43 bits per heavy atom. The van der Waals surface area contributed by atoms with Gasteiger partial charge < -0.3 is 5.32 Å². The van der Waals surface area contributed by atoms with Crippen LogP contribution in [-0.4, -0.2) is 11.7 Å². The molecule has 0 fully saturated rings. The molecule has 74 valence electrons. The highest BCUT2D eigenvalue weighted by atomic mass is 32.2. The molecule has 2 nitrogen and oxygen atoms in total. The lowest BCUT2D eigenvalue weighted by molar-refractivity contribution is 1.05. The smallest absolute Gasteiger partial charge is 0.154 e. The van der Waals surface area contributed by atoms with Gasteiger partial charge in [0.1, 0.15) is 0 Å². The van der Waals surface area contributed by atoms with Crippen LogP contribution in [0.4, 0.5) is 0 Å². The van der Waals surface area contributed by atoms with Gasteiger partial charge in [0.25, 0.3) is 0 Å². The molecule has 0 amide bonds. The van der Waals surface area contributed by atoms with Crippen LogP contribution in [0.1, 0.15) is 5.56 Å². The van der Waals surface area contributed by atoms with Crippen molar-refractivity contribution in [2.45, 2.75) is 5.75 Å². The average molecular weight is 206 g/mol. The first-order valence-electron chi connectivity index (χ1n) is 4.43. The topological polar surface area (TPSA) is 35.9 Å². The third kappa shape index (κ3) is 4.14. The minimum Gasteiger partial charge on any atom is -0.362 e. The van der Waals surface area contributed by atoms with Crippen LogP contribution in [0, 0.1) is 5.41 Å². The molecular weight excluding hydrogens is 192 g/mol. The quantitative estimate of drug-likeness (QED) is 0.451. The highest BCUT2D eigenvalue weighted by Crippen LogP contribution is 2.11. The summed E-state index contributed by atoms with van der Waals surface area (Å²) in [5.74, 6) is 0.837. The summed E-state index contributed by atoms with van der Waals surface area (Å²) >= 11 is 1.49. The Morgan fingerprint density at radius 3 is 2.79 bits per heavy atom. The summed E-state index contributed by atoms with van der Waals surface area (Å²) < 4.78 is 0. The van der Waals surface area contributed by atoms with Crippen molar-refractivity contribution >= 4 is 16.9 Å². The van der Waals surface area contributed by atoms with Gasteiger partial charge >= 0.3 is 0 Å². The van der Waals surface area contributed by atoms with Crippen molar-refractivity contribution in [2.75, 3.05) is 6.54 Å². The molecule has 0 saturated carbocycles. The molecule has 0 aliphatic rings. The van der Waals surface area contributed by atoms with Gasteiger partial charge in [0.15, 0.2) is 5.17 Å². The molecule has 1 aromatic carbocycles. The fourth-order valence-electron chi connectivity index (χ4n) is 0.946. The molecule has 3 heteroatoms. The van der Waals surface area contributed by atoms with E-state index in [4.69, 9.17) is 5.41 Å². The van der Waals surface area contributed by atoms with Crippen LogP contribution in [0.3, 0.4) is 0 Å². The first-order chi connectivity index (χ1) is 6.83. The van der Waals surface area contributed by atoms with Crippen molar-refractivity contribution in [1.29, 1.82) is 5.41 Å². The Bertz CT molecular complexity index is 295. The zero-order valence-corrected chi connectivity index (χ0v) is 8.81. The first-order valence-corrected chi connectivity index (χ1v) is 5.41. The Hall–Kier alpha value is -1.22. The predicted molar refractivity (Wildman–Crippen MR) is 63.7 cm³/mol. The molecule has 0 unspecified atom stereocenters. The van der Waals surface area contributed by atoms with Crippen molar-refractivity contribution in [3.05, 3.63) is 48.6 Å². The van der Waals surface area contributed by atoms with E-state index < -0.39 is 0 Å². The van der Waals surface area contributed by atoms with Crippen molar-refractivity contribution in [2.24, 2.45) is 0 Å². The lowest BCUT2D eigenvalue weighted by atomic mass is 10.2. The van der Waals surface area contributed by atoms with Gasteiger partial charge in [-0.05, 0) is 5.56 Å². The van der Waals surface area contributed by atoms with Crippen LogP contribution in [0.2, 0.25) is 0 Å². The van der Waals surface area contributed by atoms with E-state index in [2.05, 4.69) is 24.0 Å². The minimum absolute atomic E-state index is 0.494. The van der Waals surface area contributed by atoms with Gasteiger partial charge in [-0.1, -0.05) is 48.2 Å². The van der Waals surface area contributed by atoms with E-state index in [1.165, 1.54) is 17.3 Å². The van der Waals surface area contributed by atoms with Gasteiger partial charge in [-0.2, -0.15) is 0 Å². The van der Waals surface area contributed by atoms with Gasteiger partial charge in [0.05, 0.1) is 0 Å². The molecule has 1 aromatic rings. The maximum Gasteiger partial charge on any atom is 0.154 e. The van der Waals surface area contributed by atoms with Crippen LogP contribution in [-0.2, 0) is 5.75 Å². The van der Waals surface area contributed by atoms with Gasteiger partial charge in [-0.25, -0.2) is 0 Å². The predicted octanol–water partition coefficient (Wildman–Crippen LogP) is 2.63. The van der Waals surface area contributed by atoms with Crippen LogP contribution in [0.25, 0.3) is 0 Å². The summed E-state index contributed by atoms with van der Waals surface area (Å²) in [6.07, 6.45) is 1.75. The number of thioether (sulfide) groups is 1. The fourth-order valence-corrected chi connectivity index (χ4v) is 1.63. The summed E-state index contributed by atoms with van der Waals surface area (Å²) in [5.41, 5.74) is 1.24. The van der Waals surface area contributed by atoms with Crippen molar-refractivity contribution in [3.8, 4) is 0 Å². The standard InChI is InChI=1S/C11H14N2S/c1-2-8-13-11(12)14-9-10-6-4-3-5-7-10/h2-7H,1,8-9H2,(H2,12,13). The Labute approximate surface area is 88.9 Å². The second kappa shape index (κ2) is 6.27. The lowest BCUT2D eigenvalue weighted by Crippen LogP contribution is -2.18. The van der Waals surface area contributed by atoms with Gasteiger partial charge in [0.2, 0.25) is 0 Å². The minimum atomic E-state index is 0.494. The number of amidine groups is 1. The third-order valence-corrected chi connectivity index (χ3v) is 2.54. The molecule has 0 heterocycles. The highest BCUT2D eigenvalue weighted by Gasteiger charge is 1.96. The molecule has 1 rings (SSSR count). The van der Waals surface area contributed by atoms with E-state index >= 15 is 0 Å². The Kier molecular flexibility index (Phi) is 4.86. The molecule has 0 aliphatic heterocycles. The lowest BCUT2D eigenvalue weighted by Gasteiger charge is -2.04. The van der Waals surface area contributed by atoms with Crippen LogP contribution < -0.4 is 5.32 Å². The number of benzene rings is 1. The summed E-state index contributed by atoms with van der Waals surface area (Å²) in [5, 5.41) is 11.0. The van der Waals surface area contributed by atoms with Crippen LogP contribution >= 0.6 is 11.8 Å². The summed E-state index contributed by atoms with van der Waals surface area (Å²) in [6.45, 7) is 4.24. The highest BCUT2D eigenvalue weighted by molar-refractivity contribution is 8.13. The van der Waals surface area contributed by atoms with Gasteiger partial charge in [0, 0.05) is 12.3 Å². The first kappa shape index (κ1) is 10.9. The largest absolute Gasteiger partial charge is 0.362 e. The van der Waals surface area contributed by atoms with Gasteiger partial charge in [-0.3, -0.25) is 5.41 Å². The average Bonchev–Trinajstić information content (AvgIpc) is 2.25. The molecule has 14 heavy (non-hydrogen) atoms. The van der Waals surface area contributed by atoms with Crippen molar-refractivity contribution in [1.82, 2.24) is 5.32 Å². The fraction of sp³-hybridized carbons (Fsp3) is 0.182. The zero-order chi connectivity index (χ0) is 10.2. The van der Waals surface area contributed by atoms with E-state index in [1.54, 1.807) is 6.08 Å². The van der Waals surface area contributed by atoms with Crippen molar-refractivity contribution in [3.63, 3.8) is 0 Å². The normalized spacial score (nSPS) is 9.43. The van der Waals surface area contributed by atoms with E-state index in [-0.39, 0.29) is 0 Å². The van der Waals surface area contributed by atoms with Gasteiger partial charge in [-0.15, -0.1) is 6.58 Å². The van der Waals surface area contributed by atoms with E-state index in [1.807, 2.05) is 18.2 Å². The molecule has 0 aliphatic carbocycles. The molecule has 2 N–H and O–H groups in total. The second-order valence-corrected chi connectivity index (χ2v) is 3.76. The number of hydrogen-bond acceptors (Lipinski definition) is 2. The van der Waals surface area contributed by atoms with E-state index in [0.29, 0.717) is 11.7 Å². The number of nitrogens with one attached hydrogen (secondary N) is 2. The third-order valence-electron chi connectivity index (χ3n) is 1.63. The number of rotatable bonds is 4. The molecular formula is C11H14N2S. The van der Waals surface area contributed by atoms with Crippen molar-refractivity contribution < 1.29 is 0 Å². The Balaban J connectivity index is 2.27. The summed E-state index contributed by atoms with van der Waals surface area (Å²) in [6, 6.07) is 10.1. The molecule has 0 bridgehead atoms. The monoisotopic (exact) mass is 206 g/mol. The summed E-state index contributed by atoms with van der Waals surface area (Å²) in [4.78, 5) is 0. The SMILES string of the molecule is C=CCNC(=N)SCc1ccccc1. The molecule has 0 saturated heterocycles. The second-order valence-electron chi connectivity index (χ2n) is 2.77. The molecule has 0 aromatic heterocycles. The molecule has 0 radical (unpaired) electrons. The van der Waals surface area contributed by atoms with E-state index in [9.17, 15) is 0 Å². The van der Waals surface area contributed by atoms with E-state index in [0.717, 1.165) is 5.75 Å². The molecule has 0 atom stereocenters. The Morgan fingerprint density at radius 2 is 2.14 bits per heavy atom. The maximum atomic E-state index is 7.55. The number of hydrogen-bond donors (Lipinski definition) is 2. The maximum absolute atomic E-state index is 7.55. The summed E-state index contributed by atoms with van der Waals surface area (Å²) in [7, 11) is 0. The van der Waals surface area contributed by atoms with Crippen LogP contribution in [0.15, 0.2) is 43.0 Å².